The van der Waals surface area contributed by atoms with Crippen LogP contribution in [0.3, 0.4) is 0 Å². The Balaban J connectivity index is 1.56. The van der Waals surface area contributed by atoms with E-state index in [0.29, 0.717) is 15.9 Å². The predicted octanol–water partition coefficient (Wildman–Crippen LogP) is 3.42. The molecule has 1 aromatic heterocycles. The highest BCUT2D eigenvalue weighted by Crippen LogP contribution is 2.22. The van der Waals surface area contributed by atoms with E-state index in [-0.39, 0.29) is 24.1 Å². The quantitative estimate of drug-likeness (QED) is 0.582. The number of likely N-dealkylation sites (N-methyl/N-ethyl adjacent to an activating group) is 1. The van der Waals surface area contributed by atoms with Crippen molar-refractivity contribution < 1.29 is 9.59 Å². The molecule has 9 heteroatoms. The Morgan fingerprint density at radius 3 is 2.66 bits per heavy atom. The lowest BCUT2D eigenvalue weighted by Crippen LogP contribution is -2.36. The smallest absolute Gasteiger partial charge is 0.244 e. The Kier molecular flexibility index (Phi) is 6.90. The van der Waals surface area contributed by atoms with Crippen LogP contribution in [0.2, 0.25) is 5.02 Å². The summed E-state index contributed by atoms with van der Waals surface area (Å²) in [5.41, 5.74) is 2.55. The maximum atomic E-state index is 12.4. The summed E-state index contributed by atoms with van der Waals surface area (Å²) >= 11 is 7.31. The van der Waals surface area contributed by atoms with E-state index in [1.165, 1.54) is 16.7 Å². The third kappa shape index (κ3) is 5.36. The summed E-state index contributed by atoms with van der Waals surface area (Å²) in [6, 6.07) is 14.8. The number of amides is 2. The first kappa shape index (κ1) is 20.9. The first-order valence-electron chi connectivity index (χ1n) is 8.83. The molecule has 0 aliphatic rings. The number of anilines is 1. The van der Waals surface area contributed by atoms with Gasteiger partial charge in [-0.05, 0) is 30.7 Å². The van der Waals surface area contributed by atoms with Crippen molar-refractivity contribution in [2.24, 2.45) is 0 Å². The minimum Gasteiger partial charge on any atom is -0.336 e. The van der Waals surface area contributed by atoms with Gasteiger partial charge in [-0.2, -0.15) is 0 Å². The number of halogens is 1. The predicted molar refractivity (Wildman–Crippen MR) is 115 cm³/mol. The highest BCUT2D eigenvalue weighted by atomic mass is 35.5. The highest BCUT2D eigenvalue weighted by Gasteiger charge is 2.16. The van der Waals surface area contributed by atoms with Gasteiger partial charge < -0.3 is 10.2 Å². The van der Waals surface area contributed by atoms with Crippen molar-refractivity contribution >= 4 is 40.9 Å². The molecule has 2 amide bonds. The van der Waals surface area contributed by atoms with Crippen LogP contribution in [0.1, 0.15) is 5.56 Å². The maximum absolute atomic E-state index is 12.4. The van der Waals surface area contributed by atoms with Crippen LogP contribution in [-0.2, 0) is 9.59 Å². The second-order valence-electron chi connectivity index (χ2n) is 6.34. The first-order valence-corrected chi connectivity index (χ1v) is 10.2. The molecular weight excluding hydrogens is 410 g/mol. The van der Waals surface area contributed by atoms with Crippen molar-refractivity contribution in [1.29, 1.82) is 0 Å². The molecule has 2 aromatic carbocycles. The average molecular weight is 430 g/mol. The van der Waals surface area contributed by atoms with E-state index < -0.39 is 0 Å². The van der Waals surface area contributed by atoms with E-state index in [1.807, 2.05) is 35.8 Å². The zero-order valence-corrected chi connectivity index (χ0v) is 17.6. The van der Waals surface area contributed by atoms with E-state index in [0.717, 1.165) is 11.3 Å². The number of thioether (sulfide) groups is 1. The molecule has 7 nitrogen and oxygen atoms in total. The summed E-state index contributed by atoms with van der Waals surface area (Å²) in [5.74, 6) is -0.369. The zero-order valence-electron chi connectivity index (χ0n) is 16.0. The summed E-state index contributed by atoms with van der Waals surface area (Å²) in [6.07, 6.45) is 1.62. The van der Waals surface area contributed by atoms with E-state index in [1.54, 1.807) is 37.6 Å². The van der Waals surface area contributed by atoms with E-state index >= 15 is 0 Å². The highest BCUT2D eigenvalue weighted by molar-refractivity contribution is 7.99. The fourth-order valence-electron chi connectivity index (χ4n) is 2.61. The molecule has 0 atom stereocenters. The van der Waals surface area contributed by atoms with E-state index in [9.17, 15) is 9.59 Å². The molecule has 150 valence electrons. The Morgan fingerprint density at radius 1 is 1.17 bits per heavy atom. The van der Waals surface area contributed by atoms with Crippen molar-refractivity contribution in [3.05, 3.63) is 65.4 Å². The first-order chi connectivity index (χ1) is 14.0. The lowest BCUT2D eigenvalue weighted by Gasteiger charge is -2.17. The number of carbonyl (C=O) groups is 2. The molecule has 29 heavy (non-hydrogen) atoms. The Bertz CT molecular complexity index is 1020. The average Bonchev–Trinajstić information content (AvgIpc) is 3.16. The number of nitrogens with one attached hydrogen (secondary N) is 1. The van der Waals surface area contributed by atoms with Gasteiger partial charge in [-0.1, -0.05) is 53.7 Å². The van der Waals surface area contributed by atoms with Gasteiger partial charge in [-0.15, -0.1) is 10.2 Å². The number of aromatic nitrogens is 3. The fraction of sp³-hybridized carbons (Fsp3) is 0.200. The van der Waals surface area contributed by atoms with Crippen molar-refractivity contribution in [2.45, 2.75) is 12.1 Å². The summed E-state index contributed by atoms with van der Waals surface area (Å²) in [6.45, 7) is 1.93. The van der Waals surface area contributed by atoms with Crippen LogP contribution in [0.25, 0.3) is 5.69 Å². The van der Waals surface area contributed by atoms with Crippen molar-refractivity contribution in [2.75, 3.05) is 24.7 Å². The van der Waals surface area contributed by atoms with Gasteiger partial charge in [-0.3, -0.25) is 14.2 Å². The van der Waals surface area contributed by atoms with Gasteiger partial charge in [0.15, 0.2) is 5.16 Å². The topological polar surface area (TPSA) is 80.1 Å². The van der Waals surface area contributed by atoms with Gasteiger partial charge in [0.1, 0.15) is 6.33 Å². The number of benzene rings is 2. The van der Waals surface area contributed by atoms with E-state index in [2.05, 4.69) is 15.5 Å². The molecule has 0 saturated carbocycles. The monoisotopic (exact) mass is 429 g/mol. The molecule has 3 rings (SSSR count). The third-order valence-corrected chi connectivity index (χ3v) is 5.43. The standard InChI is InChI=1S/C20H20ClN5O2S/c1-14-7-3-6-10-17(14)26-13-22-24-20(26)29-12-19(28)25(2)11-18(27)23-16-9-5-4-8-15(16)21/h3-10,13H,11-12H2,1-2H3,(H,23,27). The van der Waals surface area contributed by atoms with Crippen LogP contribution in [0.4, 0.5) is 5.69 Å². The normalized spacial score (nSPS) is 10.6. The lowest BCUT2D eigenvalue weighted by molar-refractivity contribution is -0.131. The Labute approximate surface area is 178 Å². The number of hydrogen-bond acceptors (Lipinski definition) is 5. The summed E-state index contributed by atoms with van der Waals surface area (Å²) < 4.78 is 1.84. The third-order valence-electron chi connectivity index (χ3n) is 4.17. The molecule has 0 radical (unpaired) electrons. The largest absolute Gasteiger partial charge is 0.336 e. The molecule has 0 saturated heterocycles. The summed E-state index contributed by atoms with van der Waals surface area (Å²) in [5, 5.41) is 11.8. The number of para-hydroxylation sites is 2. The molecule has 3 aromatic rings. The van der Waals surface area contributed by atoms with Crippen LogP contribution >= 0.6 is 23.4 Å². The maximum Gasteiger partial charge on any atom is 0.244 e. The Morgan fingerprint density at radius 2 is 1.90 bits per heavy atom. The van der Waals surface area contributed by atoms with Crippen molar-refractivity contribution in [3.63, 3.8) is 0 Å². The number of nitrogens with zero attached hydrogens (tertiary/aromatic N) is 4. The molecule has 0 spiro atoms. The van der Waals surface area contributed by atoms with Crippen LogP contribution in [0, 0.1) is 6.92 Å². The number of rotatable bonds is 7. The summed E-state index contributed by atoms with van der Waals surface area (Å²) in [4.78, 5) is 26.0. The van der Waals surface area contributed by atoms with Gasteiger partial charge in [0.05, 0.1) is 28.7 Å². The number of hydrogen-bond donors (Lipinski definition) is 1. The van der Waals surface area contributed by atoms with Crippen molar-refractivity contribution in [1.82, 2.24) is 19.7 Å². The van der Waals surface area contributed by atoms with Crippen LogP contribution in [-0.4, -0.2) is 50.8 Å². The van der Waals surface area contributed by atoms with E-state index in [4.69, 9.17) is 11.6 Å². The number of carbonyl (C=O) groups excluding carboxylic acids is 2. The van der Waals surface area contributed by atoms with Crippen molar-refractivity contribution in [3.8, 4) is 5.69 Å². The van der Waals surface area contributed by atoms with Gasteiger partial charge in [0.25, 0.3) is 0 Å². The second-order valence-corrected chi connectivity index (χ2v) is 7.69. The minimum absolute atomic E-state index is 0.0743. The molecule has 0 aliphatic carbocycles. The SMILES string of the molecule is Cc1ccccc1-n1cnnc1SCC(=O)N(C)CC(=O)Nc1ccccc1Cl. The zero-order chi connectivity index (χ0) is 20.8. The Hall–Kier alpha value is -2.84. The van der Waals surface area contributed by atoms with Crippen LogP contribution < -0.4 is 5.32 Å². The van der Waals surface area contributed by atoms with Gasteiger partial charge in [0, 0.05) is 7.05 Å². The number of aryl methyl sites for hydroxylation is 1. The molecule has 0 bridgehead atoms. The molecule has 1 N–H and O–H groups in total. The lowest BCUT2D eigenvalue weighted by atomic mass is 10.2. The molecular formula is C20H20ClN5O2S. The van der Waals surface area contributed by atoms with Gasteiger partial charge >= 0.3 is 0 Å². The molecule has 0 fully saturated rings. The fourth-order valence-corrected chi connectivity index (χ4v) is 3.66. The molecule has 1 heterocycles. The summed E-state index contributed by atoms with van der Waals surface area (Å²) in [7, 11) is 1.58. The molecule has 0 aliphatic heterocycles. The molecule has 0 unspecified atom stereocenters. The van der Waals surface area contributed by atoms with Gasteiger partial charge in [-0.25, -0.2) is 0 Å². The minimum atomic E-state index is -0.318. The van der Waals surface area contributed by atoms with Crippen LogP contribution in [0.15, 0.2) is 60.0 Å². The van der Waals surface area contributed by atoms with Crippen LogP contribution in [0.5, 0.6) is 0 Å². The second kappa shape index (κ2) is 9.58. The van der Waals surface area contributed by atoms with Gasteiger partial charge in [0.2, 0.25) is 11.8 Å².